The first kappa shape index (κ1) is 53.7. The first-order valence-electron chi connectivity index (χ1n) is 18.0. The van der Waals surface area contributed by atoms with E-state index in [4.69, 9.17) is 9.53 Å². The second kappa shape index (κ2) is 31.8. The number of nitrogens with zero attached hydrogens (tertiary/aromatic N) is 4. The Labute approximate surface area is 351 Å². The summed E-state index contributed by atoms with van der Waals surface area (Å²) in [7, 11) is 5.21. The summed E-state index contributed by atoms with van der Waals surface area (Å²) in [6.45, 7) is 8.94. The second-order valence-electron chi connectivity index (χ2n) is 13.2. The Balaban J connectivity index is 0. The number of allylic oxidation sites excluding steroid dienone is 2. The predicted octanol–water partition coefficient (Wildman–Crippen LogP) is 7.44. The van der Waals surface area contributed by atoms with Crippen molar-refractivity contribution < 1.29 is 46.9 Å². The largest absolute Gasteiger partial charge is 0.600 e. The standard InChI is InChI=1S/C27H43FN4O3S.C8H15NOS2.CH2O.CH4S.V/c1-20(2)14-16-36-31-25(33)11-9-7-5-6-8-10-15-32(4)27(34)24(29-3)18-21-17-22(28)19-30-26(21)35-23-12-13-23;1-5(11)7(6-3-4-6)8(10)9(2)12;2*1-2;/h5,7,17,19-20,23-24,29H,6,8-16,18H2,1-4H3,(H,31,33);5-7,11-12H,3-4H2,1-2H3;1H2;2H,1H3;/p-1/b7-5+;;;;. The fourth-order valence-corrected chi connectivity index (χ4v) is 6.36. The van der Waals surface area contributed by atoms with Crippen molar-refractivity contribution in [2.24, 2.45) is 17.8 Å². The number of hydrogen-bond donors (Lipinski definition) is 4. The molecule has 2 saturated carbocycles. The molecule has 0 aliphatic heterocycles. The van der Waals surface area contributed by atoms with Crippen LogP contribution in [-0.4, -0.2) is 95.8 Å². The van der Waals surface area contributed by atoms with Crippen LogP contribution >= 0.6 is 50.0 Å². The number of unbranched alkanes of at least 4 members (excludes halogenated alkanes) is 2. The van der Waals surface area contributed by atoms with Crippen molar-refractivity contribution in [3.8, 4) is 5.88 Å². The molecule has 2 aliphatic rings. The summed E-state index contributed by atoms with van der Waals surface area (Å²) in [5, 5.41) is 3.20. The van der Waals surface area contributed by atoms with Gasteiger partial charge in [-0.1, -0.05) is 45.7 Å². The number of pyridine rings is 1. The smallest absolute Gasteiger partial charge is 0.239 e. The van der Waals surface area contributed by atoms with E-state index in [-0.39, 0.29) is 53.5 Å². The number of carbonyl (C=O) groups is 4. The third-order valence-electron chi connectivity index (χ3n) is 8.15. The average Bonchev–Trinajstić information content (AvgIpc) is 4.07. The fraction of sp³-hybridized carbons (Fsp3) is 0.703. The van der Waals surface area contributed by atoms with Gasteiger partial charge in [-0.15, -0.1) is 0 Å². The molecule has 1 heterocycles. The maximum atomic E-state index is 13.8. The third-order valence-corrected chi connectivity index (χ3v) is 9.42. The molecule has 0 bridgehead atoms. The molecule has 3 rings (SSSR count). The number of likely N-dealkylation sites (N-methyl/N-ethyl adjacent to an activating group) is 2. The minimum absolute atomic E-state index is 0. The van der Waals surface area contributed by atoms with Crippen molar-refractivity contribution >= 4 is 74.5 Å². The van der Waals surface area contributed by atoms with Gasteiger partial charge in [-0.2, -0.15) is 25.3 Å². The van der Waals surface area contributed by atoms with Gasteiger partial charge in [-0.05, 0) is 101 Å². The Bertz CT molecular complexity index is 1190. The molecule has 2 fully saturated rings. The summed E-state index contributed by atoms with van der Waals surface area (Å²) >= 11 is 13.2. The van der Waals surface area contributed by atoms with Crippen molar-refractivity contribution in [2.45, 2.75) is 109 Å². The van der Waals surface area contributed by atoms with Crippen LogP contribution < -0.4 is 10.1 Å². The monoisotopic (exact) mass is 855 g/mol. The van der Waals surface area contributed by atoms with Gasteiger partial charge in [0.25, 0.3) is 0 Å². The molecule has 1 aromatic heterocycles. The molecule has 303 valence electrons. The number of nitrogens with one attached hydrogen (secondary N) is 1. The SMILES string of the molecule is C=O.CC(S)C(C(=O)N(C)S)C1CC1.CNC(Cc1cc(F)cnc1OC1CC1)C(=O)N(C)CCCC/C=C/CCC(=O)[N-]SCCC(C)C.CS.[V]. The zero-order valence-electron chi connectivity index (χ0n) is 32.6. The molecule has 3 unspecified atom stereocenters. The number of carbonyl (C=O) groups excluding carboxylic acids is 4. The molecule has 1 N–H and O–H groups in total. The summed E-state index contributed by atoms with van der Waals surface area (Å²) in [5.41, 5.74) is 0.605. The molecule has 16 heteroatoms. The quantitative estimate of drug-likeness (QED) is 0.0436. The van der Waals surface area contributed by atoms with E-state index < -0.39 is 11.9 Å². The maximum absolute atomic E-state index is 13.8. The Morgan fingerprint density at radius 2 is 1.72 bits per heavy atom. The van der Waals surface area contributed by atoms with Crippen LogP contribution in [0, 0.1) is 23.6 Å². The molecule has 0 spiro atoms. The molecule has 53 heavy (non-hydrogen) atoms. The van der Waals surface area contributed by atoms with Crippen LogP contribution in [0.1, 0.15) is 90.5 Å². The average molecular weight is 856 g/mol. The van der Waals surface area contributed by atoms with E-state index in [1.54, 1.807) is 32.3 Å². The van der Waals surface area contributed by atoms with E-state index in [9.17, 15) is 18.8 Å². The van der Waals surface area contributed by atoms with E-state index in [0.29, 0.717) is 49.1 Å². The molecule has 1 aromatic rings. The molecule has 10 nitrogen and oxygen atoms in total. The van der Waals surface area contributed by atoms with Crippen LogP contribution in [0.4, 0.5) is 4.39 Å². The predicted molar refractivity (Wildman–Crippen MR) is 223 cm³/mol. The minimum atomic E-state index is -0.480. The summed E-state index contributed by atoms with van der Waals surface area (Å²) in [5.74, 6) is 2.14. The molecule has 3 atom stereocenters. The van der Waals surface area contributed by atoms with Gasteiger partial charge in [0.1, 0.15) is 18.7 Å². The first-order valence-corrected chi connectivity index (χ1v) is 20.7. The Kier molecular flexibility index (Phi) is 32.3. The Hall–Kier alpha value is -1.36. The van der Waals surface area contributed by atoms with Gasteiger partial charge >= 0.3 is 0 Å². The maximum Gasteiger partial charge on any atom is 0.239 e. The van der Waals surface area contributed by atoms with Gasteiger partial charge in [-0.25, -0.2) is 9.37 Å². The van der Waals surface area contributed by atoms with Crippen molar-refractivity contribution in [1.29, 1.82) is 0 Å². The van der Waals surface area contributed by atoms with Crippen molar-refractivity contribution in [3.63, 3.8) is 0 Å². The van der Waals surface area contributed by atoms with Gasteiger partial charge < -0.3 is 29.3 Å². The van der Waals surface area contributed by atoms with Gasteiger partial charge in [-0.3, -0.25) is 25.8 Å². The van der Waals surface area contributed by atoms with E-state index in [0.717, 1.165) is 50.5 Å². The second-order valence-corrected chi connectivity index (χ2v) is 15.5. The third kappa shape index (κ3) is 24.7. The Morgan fingerprint density at radius 3 is 2.25 bits per heavy atom. The van der Waals surface area contributed by atoms with Crippen molar-refractivity contribution in [1.82, 2.24) is 19.5 Å². The number of thiol groups is 3. The van der Waals surface area contributed by atoms with Crippen LogP contribution in [-0.2, 0) is 44.2 Å². The van der Waals surface area contributed by atoms with Gasteiger partial charge in [0.05, 0.1) is 24.1 Å². The van der Waals surface area contributed by atoms with Gasteiger partial charge in [0, 0.05) is 56.4 Å². The number of hydrogen-bond acceptors (Lipinski definition) is 11. The zero-order chi connectivity index (χ0) is 39.6. The number of rotatable bonds is 21. The summed E-state index contributed by atoms with van der Waals surface area (Å²) in [6.07, 6.45) is 16.7. The molecular weight excluding hydrogens is 793 g/mol. The molecular formula is C37H63FN5O5S4V-. The van der Waals surface area contributed by atoms with Crippen LogP contribution in [0.3, 0.4) is 0 Å². The molecule has 0 aromatic carbocycles. The topological polar surface area (TPSA) is 123 Å². The van der Waals surface area contributed by atoms with Crippen molar-refractivity contribution in [2.75, 3.05) is 39.7 Å². The minimum Gasteiger partial charge on any atom is -0.600 e. The zero-order valence-corrected chi connectivity index (χ0v) is 37.5. The summed E-state index contributed by atoms with van der Waals surface area (Å²) < 4.78 is 25.0. The Morgan fingerprint density at radius 1 is 1.09 bits per heavy atom. The normalized spacial score (nSPS) is 14.8. The van der Waals surface area contributed by atoms with E-state index >= 15 is 0 Å². The summed E-state index contributed by atoms with van der Waals surface area (Å²) in [4.78, 5) is 50.1. The van der Waals surface area contributed by atoms with Gasteiger partial charge in [0.2, 0.25) is 17.7 Å². The summed E-state index contributed by atoms with van der Waals surface area (Å²) in [6, 6.07) is 0.925. The number of ether oxygens (including phenoxy) is 1. The van der Waals surface area contributed by atoms with E-state index in [1.807, 2.05) is 19.8 Å². The number of amides is 3. The number of aromatic nitrogens is 1. The van der Waals surface area contributed by atoms with Crippen LogP contribution in [0.25, 0.3) is 4.72 Å². The van der Waals surface area contributed by atoms with E-state index in [2.05, 4.69) is 73.0 Å². The van der Waals surface area contributed by atoms with Crippen molar-refractivity contribution in [3.05, 3.63) is 40.5 Å². The van der Waals surface area contributed by atoms with Crippen LogP contribution in [0.15, 0.2) is 24.4 Å². The van der Waals surface area contributed by atoms with Crippen LogP contribution in [0.2, 0.25) is 0 Å². The molecule has 2 aliphatic carbocycles. The molecule has 3 amide bonds. The fourth-order valence-electron chi connectivity index (χ4n) is 4.95. The number of halogens is 1. The van der Waals surface area contributed by atoms with Gasteiger partial charge in [0.15, 0.2) is 0 Å². The molecule has 1 radical (unpaired) electrons. The first-order chi connectivity index (χ1) is 24.8. The molecule has 0 saturated heterocycles. The van der Waals surface area contributed by atoms with E-state index in [1.165, 1.54) is 35.2 Å². The van der Waals surface area contributed by atoms with Crippen LogP contribution in [0.5, 0.6) is 5.88 Å².